The van der Waals surface area contributed by atoms with E-state index in [1.165, 1.54) is 12.8 Å². The Hall–Kier alpha value is -0.800. The fraction of sp³-hybridized carbons (Fsp3) is 0.667. The Balaban J connectivity index is 1.73. The van der Waals surface area contributed by atoms with E-state index in [4.69, 9.17) is 9.15 Å². The van der Waals surface area contributed by atoms with Crippen molar-refractivity contribution >= 4 is 0 Å². The molecule has 2 unspecified atom stereocenters. The van der Waals surface area contributed by atoms with Gasteiger partial charge in [0.05, 0.1) is 24.7 Å². The van der Waals surface area contributed by atoms with Gasteiger partial charge in [0, 0.05) is 12.2 Å². The van der Waals surface area contributed by atoms with Crippen molar-refractivity contribution in [1.29, 1.82) is 0 Å². The standard InChI is InChI=1S/C12H18O3/c13-12(10-6-8-14-9-10)5-4-11-3-1-2-7-15-11/h6,8-9,11-13H,1-5,7H2. The Morgan fingerprint density at radius 1 is 1.47 bits per heavy atom. The van der Waals surface area contributed by atoms with E-state index in [1.807, 2.05) is 6.07 Å². The summed E-state index contributed by atoms with van der Waals surface area (Å²) in [6.45, 7) is 0.881. The summed E-state index contributed by atoms with van der Waals surface area (Å²) in [5, 5.41) is 9.82. The molecule has 1 N–H and O–H groups in total. The molecule has 0 amide bonds. The van der Waals surface area contributed by atoms with Crippen LogP contribution in [0, 0.1) is 0 Å². The van der Waals surface area contributed by atoms with Crippen molar-refractivity contribution in [3.8, 4) is 0 Å². The quantitative estimate of drug-likeness (QED) is 0.830. The van der Waals surface area contributed by atoms with Gasteiger partial charge >= 0.3 is 0 Å². The Kier molecular flexibility index (Phi) is 3.80. The number of aliphatic hydroxyl groups excluding tert-OH is 1. The molecule has 0 aliphatic carbocycles. The third kappa shape index (κ3) is 3.08. The lowest BCUT2D eigenvalue weighted by atomic mass is 10.0. The van der Waals surface area contributed by atoms with E-state index in [1.54, 1.807) is 12.5 Å². The highest BCUT2D eigenvalue weighted by Crippen LogP contribution is 2.23. The molecule has 0 radical (unpaired) electrons. The fourth-order valence-corrected chi connectivity index (χ4v) is 2.01. The van der Waals surface area contributed by atoms with Crippen LogP contribution in [0.2, 0.25) is 0 Å². The number of hydrogen-bond donors (Lipinski definition) is 1. The van der Waals surface area contributed by atoms with Crippen LogP contribution < -0.4 is 0 Å². The summed E-state index contributed by atoms with van der Waals surface area (Å²) in [6.07, 6.45) is 8.40. The van der Waals surface area contributed by atoms with Crippen LogP contribution >= 0.6 is 0 Å². The lowest BCUT2D eigenvalue weighted by Gasteiger charge is -2.23. The minimum Gasteiger partial charge on any atom is -0.472 e. The number of furan rings is 1. The van der Waals surface area contributed by atoms with Gasteiger partial charge in [0.15, 0.2) is 0 Å². The molecule has 0 aromatic carbocycles. The maximum atomic E-state index is 9.82. The predicted octanol–water partition coefficient (Wildman–Crippen LogP) is 2.66. The maximum absolute atomic E-state index is 9.82. The first-order chi connectivity index (χ1) is 7.36. The van der Waals surface area contributed by atoms with Gasteiger partial charge in [-0.2, -0.15) is 0 Å². The van der Waals surface area contributed by atoms with Crippen molar-refractivity contribution < 1.29 is 14.3 Å². The summed E-state index contributed by atoms with van der Waals surface area (Å²) in [7, 11) is 0. The summed E-state index contributed by atoms with van der Waals surface area (Å²) in [6, 6.07) is 1.81. The Labute approximate surface area is 90.0 Å². The molecule has 3 nitrogen and oxygen atoms in total. The smallest absolute Gasteiger partial charge is 0.0960 e. The van der Waals surface area contributed by atoms with Crippen LogP contribution in [0.4, 0.5) is 0 Å². The van der Waals surface area contributed by atoms with Crippen LogP contribution in [0.25, 0.3) is 0 Å². The largest absolute Gasteiger partial charge is 0.472 e. The lowest BCUT2D eigenvalue weighted by molar-refractivity contribution is 0.00209. The maximum Gasteiger partial charge on any atom is 0.0960 e. The molecule has 1 fully saturated rings. The molecule has 1 aromatic rings. The summed E-state index contributed by atoms with van der Waals surface area (Å²) in [5.41, 5.74) is 0.866. The summed E-state index contributed by atoms with van der Waals surface area (Å²) < 4.78 is 10.5. The van der Waals surface area contributed by atoms with Crippen molar-refractivity contribution in [2.24, 2.45) is 0 Å². The van der Waals surface area contributed by atoms with Crippen molar-refractivity contribution in [1.82, 2.24) is 0 Å². The van der Waals surface area contributed by atoms with Gasteiger partial charge in [-0.15, -0.1) is 0 Å². The molecule has 1 aliphatic heterocycles. The van der Waals surface area contributed by atoms with Gasteiger partial charge in [-0.05, 0) is 38.2 Å². The highest BCUT2D eigenvalue weighted by Gasteiger charge is 2.16. The molecule has 0 spiro atoms. The zero-order chi connectivity index (χ0) is 10.5. The third-order valence-corrected chi connectivity index (χ3v) is 2.96. The molecule has 84 valence electrons. The van der Waals surface area contributed by atoms with Gasteiger partial charge < -0.3 is 14.3 Å². The van der Waals surface area contributed by atoms with Gasteiger partial charge in [0.1, 0.15) is 0 Å². The number of rotatable bonds is 4. The van der Waals surface area contributed by atoms with E-state index in [0.29, 0.717) is 6.10 Å². The van der Waals surface area contributed by atoms with Crippen molar-refractivity contribution in [3.05, 3.63) is 24.2 Å². The fourth-order valence-electron chi connectivity index (χ4n) is 2.01. The summed E-state index contributed by atoms with van der Waals surface area (Å²) >= 11 is 0. The molecule has 0 bridgehead atoms. The average Bonchev–Trinajstić information content (AvgIpc) is 2.81. The molecule has 2 atom stereocenters. The molecule has 3 heteroatoms. The third-order valence-electron chi connectivity index (χ3n) is 2.96. The molecular formula is C12H18O3. The second-order valence-electron chi connectivity index (χ2n) is 4.14. The van der Waals surface area contributed by atoms with E-state index < -0.39 is 6.10 Å². The van der Waals surface area contributed by atoms with Crippen molar-refractivity contribution in [3.63, 3.8) is 0 Å². The normalized spacial score (nSPS) is 23.9. The van der Waals surface area contributed by atoms with Gasteiger partial charge in [-0.1, -0.05) is 0 Å². The molecular weight excluding hydrogens is 192 g/mol. The summed E-state index contributed by atoms with van der Waals surface area (Å²) in [5.74, 6) is 0. The first-order valence-electron chi connectivity index (χ1n) is 5.68. The van der Waals surface area contributed by atoms with Crippen LogP contribution in [0.15, 0.2) is 23.0 Å². The van der Waals surface area contributed by atoms with Crippen molar-refractivity contribution in [2.45, 2.75) is 44.3 Å². The van der Waals surface area contributed by atoms with Crippen LogP contribution in [-0.2, 0) is 4.74 Å². The number of aliphatic hydroxyl groups is 1. The molecule has 1 aromatic heterocycles. The number of ether oxygens (including phenoxy) is 1. The first-order valence-corrected chi connectivity index (χ1v) is 5.68. The minimum absolute atomic E-state index is 0.348. The molecule has 1 aliphatic rings. The zero-order valence-electron chi connectivity index (χ0n) is 8.89. The van der Waals surface area contributed by atoms with E-state index in [-0.39, 0.29) is 0 Å². The molecule has 15 heavy (non-hydrogen) atoms. The second kappa shape index (κ2) is 5.33. The van der Waals surface area contributed by atoms with Crippen LogP contribution in [0.1, 0.15) is 43.8 Å². The number of hydrogen-bond acceptors (Lipinski definition) is 3. The first kappa shape index (κ1) is 10.7. The second-order valence-corrected chi connectivity index (χ2v) is 4.14. The minimum atomic E-state index is -0.408. The van der Waals surface area contributed by atoms with Gasteiger partial charge in [0.25, 0.3) is 0 Å². The van der Waals surface area contributed by atoms with Gasteiger partial charge in [-0.25, -0.2) is 0 Å². The molecule has 2 heterocycles. The Bertz CT molecular complexity index is 262. The van der Waals surface area contributed by atoms with E-state index >= 15 is 0 Å². The highest BCUT2D eigenvalue weighted by atomic mass is 16.5. The van der Waals surface area contributed by atoms with E-state index in [2.05, 4.69) is 0 Å². The van der Waals surface area contributed by atoms with E-state index in [9.17, 15) is 5.11 Å². The van der Waals surface area contributed by atoms with Crippen LogP contribution in [0.3, 0.4) is 0 Å². The Morgan fingerprint density at radius 3 is 3.07 bits per heavy atom. The molecule has 0 saturated carbocycles. The highest BCUT2D eigenvalue weighted by molar-refractivity contribution is 5.08. The van der Waals surface area contributed by atoms with Gasteiger partial charge in [0.2, 0.25) is 0 Å². The topological polar surface area (TPSA) is 42.6 Å². The molecule has 2 rings (SSSR count). The van der Waals surface area contributed by atoms with Crippen LogP contribution in [0.5, 0.6) is 0 Å². The summed E-state index contributed by atoms with van der Waals surface area (Å²) in [4.78, 5) is 0. The van der Waals surface area contributed by atoms with Crippen molar-refractivity contribution in [2.75, 3.05) is 6.61 Å². The average molecular weight is 210 g/mol. The zero-order valence-corrected chi connectivity index (χ0v) is 8.89. The van der Waals surface area contributed by atoms with Crippen LogP contribution in [-0.4, -0.2) is 17.8 Å². The lowest BCUT2D eigenvalue weighted by Crippen LogP contribution is -2.19. The molecule has 1 saturated heterocycles. The van der Waals surface area contributed by atoms with E-state index in [0.717, 1.165) is 31.4 Å². The SMILES string of the molecule is OC(CCC1CCCCO1)c1ccoc1. The van der Waals surface area contributed by atoms with Gasteiger partial charge in [-0.3, -0.25) is 0 Å². The monoisotopic (exact) mass is 210 g/mol. The predicted molar refractivity (Wildman–Crippen MR) is 56.5 cm³/mol. The Morgan fingerprint density at radius 2 is 2.40 bits per heavy atom.